The number of hydrogen-bond donors (Lipinski definition) is 0. The van der Waals surface area contributed by atoms with Gasteiger partial charge >= 0.3 is 0 Å². The molecule has 0 atom stereocenters. The zero-order valence-electron chi connectivity index (χ0n) is 20.7. The Kier molecular flexibility index (Phi) is 7.39. The Balaban J connectivity index is 1.40. The van der Waals surface area contributed by atoms with Crippen molar-refractivity contribution < 1.29 is 0 Å². The number of rotatable bonds is 8. The number of hydrogen-bond acceptors (Lipinski definition) is 1. The first-order valence-corrected chi connectivity index (χ1v) is 12.7. The molecule has 5 aromatic rings. The first kappa shape index (κ1) is 23.4. The maximum absolute atomic E-state index is 2.30. The normalized spacial score (nSPS) is 11.0. The van der Waals surface area contributed by atoms with E-state index in [0.717, 1.165) is 23.5 Å². The number of nitrogens with zero attached hydrogens (tertiary/aromatic N) is 1. The van der Waals surface area contributed by atoms with E-state index in [4.69, 9.17) is 0 Å². The number of aryl methyl sites for hydroxylation is 1. The molecular weight excluding hydrogens is 434 g/mol. The first-order chi connectivity index (χ1) is 17.8. The monoisotopic (exact) mass is 465 g/mol. The predicted octanol–water partition coefficient (Wildman–Crippen LogP) is 9.95. The predicted molar refractivity (Wildman–Crippen MR) is 156 cm³/mol. The van der Waals surface area contributed by atoms with E-state index in [9.17, 15) is 0 Å². The second-order valence-electron chi connectivity index (χ2n) is 9.00. The molecule has 0 unspecified atom stereocenters. The van der Waals surface area contributed by atoms with Crippen molar-refractivity contribution in [1.82, 2.24) is 0 Å². The molecule has 0 aliphatic carbocycles. The second kappa shape index (κ2) is 11.4. The maximum atomic E-state index is 2.30. The van der Waals surface area contributed by atoms with Gasteiger partial charge in [0.1, 0.15) is 0 Å². The number of para-hydroxylation sites is 1. The molecule has 0 fully saturated rings. The third-order valence-electron chi connectivity index (χ3n) is 6.38. The Morgan fingerprint density at radius 2 is 0.917 bits per heavy atom. The molecule has 5 rings (SSSR count). The van der Waals surface area contributed by atoms with Crippen molar-refractivity contribution in [1.29, 1.82) is 0 Å². The van der Waals surface area contributed by atoms with Crippen LogP contribution in [0.4, 0.5) is 17.1 Å². The lowest BCUT2D eigenvalue weighted by atomic mass is 10.0. The van der Waals surface area contributed by atoms with Crippen molar-refractivity contribution in [2.45, 2.75) is 19.8 Å². The first-order valence-electron chi connectivity index (χ1n) is 12.7. The van der Waals surface area contributed by atoms with Gasteiger partial charge in [0.25, 0.3) is 0 Å². The van der Waals surface area contributed by atoms with Gasteiger partial charge in [-0.25, -0.2) is 0 Å². The van der Waals surface area contributed by atoms with Gasteiger partial charge in [-0.1, -0.05) is 123 Å². The Labute approximate surface area is 215 Å². The highest BCUT2D eigenvalue weighted by Gasteiger charge is 2.12. The largest absolute Gasteiger partial charge is 0.311 e. The summed E-state index contributed by atoms with van der Waals surface area (Å²) in [5, 5.41) is 0. The Bertz CT molecular complexity index is 1380. The highest BCUT2D eigenvalue weighted by Crippen LogP contribution is 2.35. The maximum Gasteiger partial charge on any atom is 0.0462 e. The van der Waals surface area contributed by atoms with Crippen LogP contribution in [0.15, 0.2) is 133 Å². The van der Waals surface area contributed by atoms with E-state index >= 15 is 0 Å². The fourth-order valence-electron chi connectivity index (χ4n) is 4.47. The Hall–Kier alpha value is -4.36. The average molecular weight is 466 g/mol. The molecule has 0 aliphatic heterocycles. The van der Waals surface area contributed by atoms with Crippen molar-refractivity contribution >= 4 is 29.2 Å². The lowest BCUT2D eigenvalue weighted by Gasteiger charge is -2.25. The quantitative estimate of drug-likeness (QED) is 0.206. The van der Waals surface area contributed by atoms with E-state index in [0.29, 0.717) is 0 Å². The molecule has 0 bridgehead atoms. The van der Waals surface area contributed by atoms with Crippen molar-refractivity contribution in [2.24, 2.45) is 0 Å². The van der Waals surface area contributed by atoms with Gasteiger partial charge in [-0.2, -0.15) is 0 Å². The summed E-state index contributed by atoms with van der Waals surface area (Å²) < 4.78 is 0. The average Bonchev–Trinajstić information content (AvgIpc) is 2.95. The fraction of sp³-hybridized carbons (Fsp3) is 0.0857. The SMILES string of the molecule is CCCc1ccc(/C=C/c2ccc(N(c3ccccc3)c3ccc(-c4ccccc4)cc3)cc2)cc1. The van der Waals surface area contributed by atoms with Gasteiger partial charge < -0.3 is 4.90 Å². The minimum absolute atomic E-state index is 1.13. The van der Waals surface area contributed by atoms with E-state index in [-0.39, 0.29) is 0 Å². The van der Waals surface area contributed by atoms with E-state index < -0.39 is 0 Å². The molecular formula is C35H31N. The van der Waals surface area contributed by atoms with Crippen LogP contribution in [0.5, 0.6) is 0 Å². The van der Waals surface area contributed by atoms with E-state index in [2.05, 4.69) is 157 Å². The zero-order chi connectivity index (χ0) is 24.6. The highest BCUT2D eigenvalue weighted by atomic mass is 15.1. The second-order valence-corrected chi connectivity index (χ2v) is 9.00. The molecule has 0 heterocycles. The van der Waals surface area contributed by atoms with Crippen LogP contribution in [-0.4, -0.2) is 0 Å². The molecule has 0 aromatic heterocycles. The van der Waals surface area contributed by atoms with Crippen LogP contribution >= 0.6 is 0 Å². The molecule has 0 saturated heterocycles. The van der Waals surface area contributed by atoms with Crippen LogP contribution in [0.25, 0.3) is 23.3 Å². The van der Waals surface area contributed by atoms with Crippen molar-refractivity contribution in [3.8, 4) is 11.1 Å². The Morgan fingerprint density at radius 3 is 1.47 bits per heavy atom. The third-order valence-corrected chi connectivity index (χ3v) is 6.38. The van der Waals surface area contributed by atoms with Crippen LogP contribution < -0.4 is 4.90 Å². The topological polar surface area (TPSA) is 3.24 Å². The molecule has 1 nitrogen and oxygen atoms in total. The van der Waals surface area contributed by atoms with Crippen molar-refractivity contribution in [3.63, 3.8) is 0 Å². The molecule has 176 valence electrons. The summed E-state index contributed by atoms with van der Waals surface area (Å²) in [4.78, 5) is 2.30. The summed E-state index contributed by atoms with van der Waals surface area (Å²) in [6.07, 6.45) is 6.68. The van der Waals surface area contributed by atoms with Gasteiger partial charge in [0.2, 0.25) is 0 Å². The van der Waals surface area contributed by atoms with Crippen molar-refractivity contribution in [2.75, 3.05) is 4.90 Å². The fourth-order valence-corrected chi connectivity index (χ4v) is 4.47. The summed E-state index contributed by atoms with van der Waals surface area (Å²) in [6, 6.07) is 47.5. The van der Waals surface area contributed by atoms with Crippen molar-refractivity contribution in [3.05, 3.63) is 150 Å². The van der Waals surface area contributed by atoms with Crippen LogP contribution in [-0.2, 0) is 6.42 Å². The molecule has 36 heavy (non-hydrogen) atoms. The van der Waals surface area contributed by atoms with Crippen LogP contribution in [0.2, 0.25) is 0 Å². The van der Waals surface area contributed by atoms with E-state index in [1.807, 2.05) is 0 Å². The van der Waals surface area contributed by atoms with Crippen LogP contribution in [0, 0.1) is 0 Å². The highest BCUT2D eigenvalue weighted by molar-refractivity contribution is 5.79. The number of benzene rings is 5. The molecule has 1 heteroatoms. The summed E-state index contributed by atoms with van der Waals surface area (Å²) in [6.45, 7) is 2.22. The standard InChI is InChI=1S/C35H31N/c1-2-9-28-14-16-29(17-15-28)18-19-30-20-24-34(25-21-30)36(33-12-7-4-8-13-33)35-26-22-32(23-27-35)31-10-5-3-6-11-31/h3-8,10-27H,2,9H2,1H3/b19-18+. The van der Waals surface area contributed by atoms with Crippen LogP contribution in [0.3, 0.4) is 0 Å². The van der Waals surface area contributed by atoms with Gasteiger partial charge in [-0.15, -0.1) is 0 Å². The molecule has 0 N–H and O–H groups in total. The lowest BCUT2D eigenvalue weighted by Crippen LogP contribution is -2.09. The molecule has 0 spiro atoms. The molecule has 5 aromatic carbocycles. The summed E-state index contributed by atoms with van der Waals surface area (Å²) >= 11 is 0. The lowest BCUT2D eigenvalue weighted by molar-refractivity contribution is 0.922. The molecule has 0 radical (unpaired) electrons. The summed E-state index contributed by atoms with van der Waals surface area (Å²) in [5.74, 6) is 0. The number of anilines is 3. The van der Waals surface area contributed by atoms with Gasteiger partial charge in [0.05, 0.1) is 0 Å². The minimum atomic E-state index is 1.13. The van der Waals surface area contributed by atoms with Gasteiger partial charge in [0.15, 0.2) is 0 Å². The summed E-state index contributed by atoms with van der Waals surface area (Å²) in [7, 11) is 0. The van der Waals surface area contributed by atoms with Gasteiger partial charge in [0, 0.05) is 17.1 Å². The minimum Gasteiger partial charge on any atom is -0.311 e. The third kappa shape index (κ3) is 5.64. The smallest absolute Gasteiger partial charge is 0.0462 e. The van der Waals surface area contributed by atoms with Gasteiger partial charge in [-0.05, 0) is 70.6 Å². The molecule has 0 aliphatic rings. The summed E-state index contributed by atoms with van der Waals surface area (Å²) in [5.41, 5.74) is 9.66. The molecule has 0 amide bonds. The van der Waals surface area contributed by atoms with Gasteiger partial charge in [-0.3, -0.25) is 0 Å². The Morgan fingerprint density at radius 1 is 0.472 bits per heavy atom. The van der Waals surface area contributed by atoms with E-state index in [1.54, 1.807) is 0 Å². The van der Waals surface area contributed by atoms with E-state index in [1.165, 1.54) is 34.2 Å². The van der Waals surface area contributed by atoms with Crippen LogP contribution in [0.1, 0.15) is 30.0 Å². The molecule has 0 saturated carbocycles. The zero-order valence-corrected chi connectivity index (χ0v) is 20.7.